The molecule has 0 fully saturated rings. The molecular weight excluding hydrogens is 173 g/mol. The van der Waals surface area contributed by atoms with Gasteiger partial charge in [-0.15, -0.1) is 0 Å². The van der Waals surface area contributed by atoms with E-state index in [4.69, 9.17) is 23.6 Å². The summed E-state index contributed by atoms with van der Waals surface area (Å²) < 4.78 is 0.593. The molecule has 0 atom stereocenters. The highest BCUT2D eigenvalue weighted by Crippen LogP contribution is 2.06. The van der Waals surface area contributed by atoms with Gasteiger partial charge in [-0.1, -0.05) is 19.8 Å². The van der Waals surface area contributed by atoms with Crippen molar-refractivity contribution in [3.8, 4) is 0 Å². The molecule has 0 radical (unpaired) electrons. The summed E-state index contributed by atoms with van der Waals surface area (Å²) in [4.78, 5) is 10.7. The molecule has 0 bridgehead atoms. The maximum atomic E-state index is 10.7. The summed E-state index contributed by atoms with van der Waals surface area (Å²) in [7, 11) is 0. The van der Waals surface area contributed by atoms with Crippen LogP contribution >= 0.6 is 23.6 Å². The summed E-state index contributed by atoms with van der Waals surface area (Å²) in [6.07, 6.45) is 3.46. The average Bonchev–Trinajstić information content (AvgIpc) is 1.88. The van der Waals surface area contributed by atoms with Crippen LogP contribution in [0.5, 0.6) is 0 Å². The van der Waals surface area contributed by atoms with Gasteiger partial charge in [-0.3, -0.25) is 4.79 Å². The topological polar surface area (TPSA) is 20.3 Å². The molecule has 60 valence electrons. The predicted octanol–water partition coefficient (Wildman–Crippen LogP) is 2.70. The zero-order valence-electron chi connectivity index (χ0n) is 5.94. The van der Waals surface area contributed by atoms with Crippen LogP contribution in [0.3, 0.4) is 0 Å². The molecule has 0 aliphatic heterocycles. The maximum absolute atomic E-state index is 10.7. The number of hydrogen-bond donors (Lipinski definition) is 0. The van der Waals surface area contributed by atoms with Crippen molar-refractivity contribution in [3.05, 3.63) is 0 Å². The second-order valence-corrected chi connectivity index (χ2v) is 2.93. The minimum Gasteiger partial charge on any atom is -0.272 e. The molecular formula is C6H11Cl2NO. The molecule has 2 nitrogen and oxygen atoms in total. The standard InChI is InChI=1S/C6H11Cl2NO/c1-2-3-4-5-6(10)9(7)8/h2-5H2,1H3. The Kier molecular flexibility index (Phi) is 5.84. The second kappa shape index (κ2) is 5.81. The van der Waals surface area contributed by atoms with Crippen molar-refractivity contribution in [3.63, 3.8) is 0 Å². The predicted molar refractivity (Wildman–Crippen MR) is 42.7 cm³/mol. The third kappa shape index (κ3) is 4.89. The summed E-state index contributed by atoms with van der Waals surface area (Å²) in [6.45, 7) is 2.07. The largest absolute Gasteiger partial charge is 0.272 e. The molecule has 0 saturated carbocycles. The lowest BCUT2D eigenvalue weighted by atomic mass is 10.2. The minimum atomic E-state index is -0.225. The van der Waals surface area contributed by atoms with Crippen LogP contribution in [-0.4, -0.2) is 9.85 Å². The van der Waals surface area contributed by atoms with E-state index in [0.717, 1.165) is 19.3 Å². The highest BCUT2D eigenvalue weighted by atomic mass is 35.5. The number of hydrogen-bond acceptors (Lipinski definition) is 1. The molecule has 0 aromatic carbocycles. The summed E-state index contributed by atoms with van der Waals surface area (Å²) >= 11 is 10.3. The van der Waals surface area contributed by atoms with E-state index in [1.807, 2.05) is 0 Å². The number of rotatable bonds is 4. The van der Waals surface area contributed by atoms with Gasteiger partial charge < -0.3 is 0 Å². The minimum absolute atomic E-state index is 0.225. The fourth-order valence-corrected chi connectivity index (χ4v) is 0.780. The summed E-state index contributed by atoms with van der Waals surface area (Å²) in [5.41, 5.74) is 0. The molecule has 1 amide bonds. The Labute approximate surface area is 71.3 Å². The monoisotopic (exact) mass is 183 g/mol. The molecule has 0 aromatic heterocycles. The molecule has 4 heteroatoms. The summed E-state index contributed by atoms with van der Waals surface area (Å²) in [5.74, 6) is -0.225. The van der Waals surface area contributed by atoms with E-state index in [9.17, 15) is 4.79 Å². The second-order valence-electron chi connectivity index (χ2n) is 2.08. The van der Waals surface area contributed by atoms with E-state index in [2.05, 4.69) is 6.92 Å². The average molecular weight is 184 g/mol. The van der Waals surface area contributed by atoms with Crippen LogP contribution in [0.4, 0.5) is 0 Å². The smallest absolute Gasteiger partial charge is 0.252 e. The number of unbranched alkanes of at least 4 members (excludes halogenated alkanes) is 2. The van der Waals surface area contributed by atoms with Gasteiger partial charge in [0.05, 0.1) is 0 Å². The van der Waals surface area contributed by atoms with E-state index in [1.165, 1.54) is 0 Å². The molecule has 0 aliphatic rings. The van der Waals surface area contributed by atoms with Crippen molar-refractivity contribution in [2.45, 2.75) is 32.6 Å². The lowest BCUT2D eigenvalue weighted by Crippen LogP contribution is -2.09. The van der Waals surface area contributed by atoms with Gasteiger partial charge in [0, 0.05) is 30.0 Å². The third-order valence-corrected chi connectivity index (χ3v) is 1.56. The van der Waals surface area contributed by atoms with Crippen LogP contribution in [-0.2, 0) is 4.79 Å². The highest BCUT2D eigenvalue weighted by molar-refractivity contribution is 6.41. The van der Waals surface area contributed by atoms with Gasteiger partial charge in [0.1, 0.15) is 0 Å². The zero-order chi connectivity index (χ0) is 7.98. The third-order valence-electron chi connectivity index (χ3n) is 1.18. The van der Waals surface area contributed by atoms with E-state index < -0.39 is 0 Å². The first-order chi connectivity index (χ1) is 4.68. The van der Waals surface area contributed by atoms with E-state index in [-0.39, 0.29) is 5.91 Å². The van der Waals surface area contributed by atoms with Crippen molar-refractivity contribution < 1.29 is 4.79 Å². The maximum Gasteiger partial charge on any atom is 0.252 e. The van der Waals surface area contributed by atoms with Gasteiger partial charge >= 0.3 is 0 Å². The van der Waals surface area contributed by atoms with Crippen LogP contribution in [0.25, 0.3) is 0 Å². The van der Waals surface area contributed by atoms with E-state index >= 15 is 0 Å². The quantitative estimate of drug-likeness (QED) is 0.485. The SMILES string of the molecule is CCCCCC(=O)N(Cl)Cl. The zero-order valence-corrected chi connectivity index (χ0v) is 7.45. The van der Waals surface area contributed by atoms with E-state index in [0.29, 0.717) is 10.4 Å². The Morgan fingerprint density at radius 2 is 2.00 bits per heavy atom. The number of carbonyl (C=O) groups excluding carboxylic acids is 1. The van der Waals surface area contributed by atoms with Crippen LogP contribution in [0, 0.1) is 0 Å². The van der Waals surface area contributed by atoms with Gasteiger partial charge in [0.2, 0.25) is 0 Å². The summed E-state index contributed by atoms with van der Waals surface area (Å²) in [5, 5.41) is 0. The lowest BCUT2D eigenvalue weighted by molar-refractivity contribution is -0.123. The van der Waals surface area contributed by atoms with Gasteiger partial charge in [0.15, 0.2) is 0 Å². The van der Waals surface area contributed by atoms with Crippen LogP contribution in [0.15, 0.2) is 0 Å². The number of halogens is 2. The molecule has 10 heavy (non-hydrogen) atoms. The van der Waals surface area contributed by atoms with Gasteiger partial charge in [-0.2, -0.15) is 3.94 Å². The van der Waals surface area contributed by atoms with Crippen molar-refractivity contribution in [2.75, 3.05) is 0 Å². The Balaban J connectivity index is 3.22. The molecule has 0 saturated heterocycles. The van der Waals surface area contributed by atoms with Gasteiger partial charge in [-0.05, 0) is 6.42 Å². The van der Waals surface area contributed by atoms with E-state index in [1.54, 1.807) is 0 Å². The molecule has 0 spiro atoms. The first kappa shape index (κ1) is 10.0. The Hall–Kier alpha value is 0.0500. The Morgan fingerprint density at radius 1 is 1.40 bits per heavy atom. The molecule has 0 N–H and O–H groups in total. The van der Waals surface area contributed by atoms with Crippen LogP contribution in [0.1, 0.15) is 32.6 Å². The number of amides is 1. The fraction of sp³-hybridized carbons (Fsp3) is 0.833. The molecule has 0 aliphatic carbocycles. The van der Waals surface area contributed by atoms with Gasteiger partial charge in [-0.25, -0.2) is 0 Å². The van der Waals surface area contributed by atoms with Crippen molar-refractivity contribution in [2.24, 2.45) is 0 Å². The first-order valence-corrected chi connectivity index (χ1v) is 4.00. The first-order valence-electron chi connectivity index (χ1n) is 3.33. The highest BCUT2D eigenvalue weighted by Gasteiger charge is 2.05. The number of carbonyl (C=O) groups is 1. The Bertz CT molecular complexity index is 106. The molecule has 0 rings (SSSR count). The normalized spacial score (nSPS) is 9.50. The molecule has 0 unspecified atom stereocenters. The van der Waals surface area contributed by atoms with Crippen LogP contribution in [0.2, 0.25) is 0 Å². The fourth-order valence-electron chi connectivity index (χ4n) is 0.611. The van der Waals surface area contributed by atoms with Crippen molar-refractivity contribution >= 4 is 29.5 Å². The van der Waals surface area contributed by atoms with Crippen molar-refractivity contribution in [1.29, 1.82) is 0 Å². The molecule has 0 aromatic rings. The number of nitrogens with zero attached hydrogens (tertiary/aromatic N) is 1. The van der Waals surface area contributed by atoms with Gasteiger partial charge in [0.25, 0.3) is 5.91 Å². The van der Waals surface area contributed by atoms with Crippen molar-refractivity contribution in [1.82, 2.24) is 3.94 Å². The molecule has 0 heterocycles. The lowest BCUT2D eigenvalue weighted by Gasteiger charge is -2.01. The summed E-state index contributed by atoms with van der Waals surface area (Å²) in [6, 6.07) is 0. The Morgan fingerprint density at radius 3 is 2.40 bits per heavy atom. The van der Waals surface area contributed by atoms with Crippen LogP contribution < -0.4 is 0 Å².